The van der Waals surface area contributed by atoms with Crippen LogP contribution in [0.25, 0.3) is 10.9 Å². The van der Waals surface area contributed by atoms with Crippen LogP contribution in [0.1, 0.15) is 22.0 Å². The average Bonchev–Trinajstić information content (AvgIpc) is 3.00. The van der Waals surface area contributed by atoms with E-state index in [4.69, 9.17) is 0 Å². The molecular weight excluding hydrogens is 288 g/mol. The van der Waals surface area contributed by atoms with Crippen LogP contribution < -0.4 is 0 Å². The van der Waals surface area contributed by atoms with Gasteiger partial charge in [-0.25, -0.2) is 0 Å². The second-order valence-corrected chi connectivity index (χ2v) is 5.63. The largest absolute Gasteiger partial charge is 0.395 e. The van der Waals surface area contributed by atoms with Gasteiger partial charge in [-0.1, -0.05) is 48.5 Å². The number of benzene rings is 2. The first-order chi connectivity index (χ1) is 11.2. The smallest absolute Gasteiger partial charge is 0.186 e. The van der Waals surface area contributed by atoms with Crippen LogP contribution in [0, 0.1) is 0 Å². The number of carbonyl (C=O) groups is 1. The summed E-state index contributed by atoms with van der Waals surface area (Å²) in [5.41, 5.74) is 2.56. The van der Waals surface area contributed by atoms with Crippen molar-refractivity contribution >= 4 is 16.7 Å². The highest BCUT2D eigenvalue weighted by Gasteiger charge is 2.27. The Morgan fingerprint density at radius 3 is 2.57 bits per heavy atom. The summed E-state index contributed by atoms with van der Waals surface area (Å²) in [6.45, 7) is 0.453. The van der Waals surface area contributed by atoms with Crippen LogP contribution in [0.15, 0.2) is 60.8 Å². The maximum absolute atomic E-state index is 13.2. The van der Waals surface area contributed by atoms with Crippen molar-refractivity contribution in [3.63, 3.8) is 0 Å². The Hall–Kier alpha value is -2.43. The Labute approximate surface area is 135 Å². The fraction of sp³-hybridized carbons (Fsp3) is 0.211. The van der Waals surface area contributed by atoms with Gasteiger partial charge in [0.2, 0.25) is 0 Å². The minimum absolute atomic E-state index is 0.0149. The molecule has 2 N–H and O–H groups in total. The first-order valence-corrected chi connectivity index (χ1v) is 7.68. The monoisotopic (exact) mass is 308 g/mol. The molecular formula is C19H20N2O2. The number of nitrogens with one attached hydrogen (secondary N) is 1. The molecule has 0 radical (unpaired) electrons. The number of aliphatic hydroxyl groups excluding tert-OH is 1. The Bertz CT molecular complexity index is 795. The van der Waals surface area contributed by atoms with Crippen LogP contribution in [0.2, 0.25) is 0 Å². The number of para-hydroxylation sites is 1. The van der Waals surface area contributed by atoms with Gasteiger partial charge >= 0.3 is 0 Å². The summed E-state index contributed by atoms with van der Waals surface area (Å²) < 4.78 is 0. The molecule has 1 heterocycles. The maximum Gasteiger partial charge on any atom is 0.186 e. The summed E-state index contributed by atoms with van der Waals surface area (Å²) in [5.74, 6) is 0.0320. The quantitative estimate of drug-likeness (QED) is 0.688. The van der Waals surface area contributed by atoms with Crippen LogP contribution in [0.3, 0.4) is 0 Å². The molecule has 3 rings (SSSR count). The predicted molar refractivity (Wildman–Crippen MR) is 91.5 cm³/mol. The molecule has 0 bridgehead atoms. The number of fused-ring (bicyclic) bond motifs is 1. The molecule has 0 saturated carbocycles. The molecule has 1 unspecified atom stereocenters. The summed E-state index contributed by atoms with van der Waals surface area (Å²) in [6, 6.07) is 17.1. The van der Waals surface area contributed by atoms with E-state index in [1.165, 1.54) is 0 Å². The van der Waals surface area contributed by atoms with Crippen molar-refractivity contribution in [1.82, 2.24) is 9.88 Å². The standard InChI is InChI=1S/C19H20N2O2/c1-21(11-12-22)18(14-7-3-2-4-8-14)19(23)16-13-20-17-10-6-5-9-15(16)17/h2-10,13,18,20,22H,11-12H2,1H3. The van der Waals surface area contributed by atoms with E-state index >= 15 is 0 Å². The van der Waals surface area contributed by atoms with E-state index in [0.717, 1.165) is 16.5 Å². The summed E-state index contributed by atoms with van der Waals surface area (Å²) in [6.07, 6.45) is 1.77. The zero-order valence-electron chi connectivity index (χ0n) is 13.1. The Balaban J connectivity index is 2.04. The summed E-state index contributed by atoms with van der Waals surface area (Å²) in [7, 11) is 1.86. The van der Waals surface area contributed by atoms with Crippen molar-refractivity contribution in [1.29, 1.82) is 0 Å². The number of aliphatic hydroxyl groups is 1. The molecule has 0 aliphatic carbocycles. The van der Waals surface area contributed by atoms with Crippen LogP contribution >= 0.6 is 0 Å². The Morgan fingerprint density at radius 1 is 1.13 bits per heavy atom. The highest BCUT2D eigenvalue weighted by Crippen LogP contribution is 2.27. The molecule has 0 fully saturated rings. The second kappa shape index (κ2) is 6.77. The van der Waals surface area contributed by atoms with E-state index < -0.39 is 6.04 Å². The average molecular weight is 308 g/mol. The number of hydrogen-bond donors (Lipinski definition) is 2. The van der Waals surface area contributed by atoms with E-state index in [0.29, 0.717) is 12.1 Å². The molecule has 4 nitrogen and oxygen atoms in total. The molecule has 118 valence electrons. The number of ketones is 1. The zero-order valence-corrected chi connectivity index (χ0v) is 13.1. The third-order valence-corrected chi connectivity index (χ3v) is 4.11. The van der Waals surface area contributed by atoms with Crippen LogP contribution in [0.4, 0.5) is 0 Å². The number of nitrogens with zero attached hydrogens (tertiary/aromatic N) is 1. The lowest BCUT2D eigenvalue weighted by Gasteiger charge is -2.26. The molecule has 0 aliphatic heterocycles. The van der Waals surface area contributed by atoms with Crippen molar-refractivity contribution in [3.05, 3.63) is 71.9 Å². The van der Waals surface area contributed by atoms with Gasteiger partial charge in [-0.2, -0.15) is 0 Å². The molecule has 1 atom stereocenters. The lowest BCUT2D eigenvalue weighted by atomic mass is 9.96. The molecule has 4 heteroatoms. The van der Waals surface area contributed by atoms with Crippen LogP contribution in [-0.4, -0.2) is 41.0 Å². The lowest BCUT2D eigenvalue weighted by Crippen LogP contribution is -2.33. The molecule has 0 amide bonds. The normalized spacial score (nSPS) is 12.7. The van der Waals surface area contributed by atoms with Crippen LogP contribution in [0.5, 0.6) is 0 Å². The van der Waals surface area contributed by atoms with Crippen LogP contribution in [-0.2, 0) is 0 Å². The minimum atomic E-state index is -0.414. The first-order valence-electron chi connectivity index (χ1n) is 7.68. The van der Waals surface area contributed by atoms with Gasteiger partial charge in [-0.15, -0.1) is 0 Å². The number of aromatic nitrogens is 1. The number of carbonyl (C=O) groups excluding carboxylic acids is 1. The van der Waals surface area contributed by atoms with Crippen molar-refractivity contribution in [3.8, 4) is 0 Å². The minimum Gasteiger partial charge on any atom is -0.395 e. The molecule has 2 aromatic carbocycles. The summed E-state index contributed by atoms with van der Waals surface area (Å²) >= 11 is 0. The number of H-pyrrole nitrogens is 1. The number of Topliss-reactive ketones (excluding diaryl/α,β-unsaturated/α-hetero) is 1. The third kappa shape index (κ3) is 3.04. The fourth-order valence-electron chi connectivity index (χ4n) is 2.95. The van der Waals surface area contributed by atoms with E-state index in [1.54, 1.807) is 6.20 Å². The van der Waals surface area contributed by atoms with Crippen molar-refractivity contribution < 1.29 is 9.90 Å². The summed E-state index contributed by atoms with van der Waals surface area (Å²) in [5, 5.41) is 10.2. The maximum atomic E-state index is 13.2. The van der Waals surface area contributed by atoms with E-state index in [-0.39, 0.29) is 12.4 Å². The predicted octanol–water partition coefficient (Wildman–Crippen LogP) is 3.02. The van der Waals surface area contributed by atoms with Gasteiger partial charge in [0, 0.05) is 29.2 Å². The SMILES string of the molecule is CN(CCO)C(C(=O)c1c[nH]c2ccccc12)c1ccccc1. The van der Waals surface area contributed by atoms with Gasteiger partial charge in [-0.3, -0.25) is 9.69 Å². The Morgan fingerprint density at radius 2 is 1.83 bits per heavy atom. The van der Waals surface area contributed by atoms with Gasteiger partial charge in [0.05, 0.1) is 12.6 Å². The van der Waals surface area contributed by atoms with E-state index in [2.05, 4.69) is 4.98 Å². The van der Waals surface area contributed by atoms with Crippen molar-refractivity contribution in [2.75, 3.05) is 20.2 Å². The molecule has 1 aromatic heterocycles. The van der Waals surface area contributed by atoms with Gasteiger partial charge in [0.1, 0.15) is 0 Å². The molecule has 0 saturated heterocycles. The lowest BCUT2D eigenvalue weighted by molar-refractivity contribution is 0.0830. The van der Waals surface area contributed by atoms with Gasteiger partial charge < -0.3 is 10.1 Å². The van der Waals surface area contributed by atoms with Gasteiger partial charge in [0.15, 0.2) is 5.78 Å². The Kier molecular flexibility index (Phi) is 4.55. The third-order valence-electron chi connectivity index (χ3n) is 4.11. The number of rotatable bonds is 6. The number of likely N-dealkylation sites (N-methyl/N-ethyl adjacent to an activating group) is 1. The first kappa shape index (κ1) is 15.5. The van der Waals surface area contributed by atoms with E-state index in [1.807, 2.05) is 66.5 Å². The molecule has 3 aromatic rings. The molecule has 0 aliphatic rings. The van der Waals surface area contributed by atoms with Gasteiger partial charge in [-0.05, 0) is 18.7 Å². The van der Waals surface area contributed by atoms with Crippen molar-refractivity contribution in [2.24, 2.45) is 0 Å². The molecule has 0 spiro atoms. The molecule has 23 heavy (non-hydrogen) atoms. The second-order valence-electron chi connectivity index (χ2n) is 5.63. The highest BCUT2D eigenvalue weighted by atomic mass is 16.3. The fourth-order valence-corrected chi connectivity index (χ4v) is 2.95. The highest BCUT2D eigenvalue weighted by molar-refractivity contribution is 6.10. The number of aromatic amines is 1. The van der Waals surface area contributed by atoms with Gasteiger partial charge in [0.25, 0.3) is 0 Å². The number of hydrogen-bond acceptors (Lipinski definition) is 3. The zero-order chi connectivity index (χ0) is 16.2. The van der Waals surface area contributed by atoms with Crippen molar-refractivity contribution in [2.45, 2.75) is 6.04 Å². The summed E-state index contributed by atoms with van der Waals surface area (Å²) in [4.78, 5) is 18.2. The topological polar surface area (TPSA) is 56.3 Å². The van der Waals surface area contributed by atoms with E-state index in [9.17, 15) is 9.90 Å².